The standard InChI is InChI=1S/C17H31N5O2/c1-20(2)15(14-9-19-22(4)12-14)10-18-17(24)21(3)11-13-7-5-6-8-16(13)23/h9,12-13,15-16,23H,5-8,10-11H2,1-4H3,(H,18,24)/t13-,15+,16+/m0/s1. The second-order valence-corrected chi connectivity index (χ2v) is 7.11. The van der Waals surface area contributed by atoms with E-state index in [1.165, 1.54) is 0 Å². The SMILES string of the molecule is CN(C[C@@H]1CCCC[C@H]1O)C(=O)NC[C@H](c1cnn(C)c1)N(C)C. The smallest absolute Gasteiger partial charge is 0.317 e. The number of aromatic nitrogens is 2. The molecule has 1 heterocycles. The summed E-state index contributed by atoms with van der Waals surface area (Å²) in [7, 11) is 7.67. The lowest BCUT2D eigenvalue weighted by molar-refractivity contribution is 0.0564. The Morgan fingerprint density at radius 2 is 2.12 bits per heavy atom. The molecule has 0 bridgehead atoms. The number of nitrogens with one attached hydrogen (secondary N) is 1. The monoisotopic (exact) mass is 337 g/mol. The van der Waals surface area contributed by atoms with Crippen molar-refractivity contribution < 1.29 is 9.90 Å². The Morgan fingerprint density at radius 1 is 1.42 bits per heavy atom. The first-order valence-corrected chi connectivity index (χ1v) is 8.70. The Morgan fingerprint density at radius 3 is 2.71 bits per heavy atom. The van der Waals surface area contributed by atoms with Crippen LogP contribution in [0.2, 0.25) is 0 Å². The van der Waals surface area contributed by atoms with Crippen LogP contribution in [0.5, 0.6) is 0 Å². The Hall–Kier alpha value is -1.60. The predicted molar refractivity (Wildman–Crippen MR) is 93.6 cm³/mol. The molecule has 0 aromatic carbocycles. The number of nitrogens with zero attached hydrogens (tertiary/aromatic N) is 4. The van der Waals surface area contributed by atoms with Gasteiger partial charge in [-0.05, 0) is 26.9 Å². The first-order valence-electron chi connectivity index (χ1n) is 8.70. The molecule has 1 aromatic rings. The number of rotatable bonds is 6. The summed E-state index contributed by atoms with van der Waals surface area (Å²) in [6, 6.07) is -0.0140. The molecule has 7 nitrogen and oxygen atoms in total. The summed E-state index contributed by atoms with van der Waals surface area (Å²) in [5, 5.41) is 17.3. The average Bonchev–Trinajstić information content (AvgIpc) is 2.95. The summed E-state index contributed by atoms with van der Waals surface area (Å²) in [5.41, 5.74) is 1.08. The van der Waals surface area contributed by atoms with Crippen molar-refractivity contribution in [2.24, 2.45) is 13.0 Å². The number of aliphatic hydroxyl groups is 1. The van der Waals surface area contributed by atoms with Crippen molar-refractivity contribution in [2.45, 2.75) is 37.8 Å². The van der Waals surface area contributed by atoms with E-state index in [9.17, 15) is 9.90 Å². The van der Waals surface area contributed by atoms with Gasteiger partial charge in [0, 0.05) is 44.9 Å². The van der Waals surface area contributed by atoms with Crippen molar-refractivity contribution in [2.75, 3.05) is 34.2 Å². The summed E-state index contributed by atoms with van der Waals surface area (Å²) in [5.74, 6) is 0.192. The summed E-state index contributed by atoms with van der Waals surface area (Å²) in [6.07, 6.45) is 7.60. The highest BCUT2D eigenvalue weighted by Gasteiger charge is 2.26. The zero-order chi connectivity index (χ0) is 17.7. The molecule has 1 aromatic heterocycles. The number of carbonyl (C=O) groups excluding carboxylic acids is 1. The van der Waals surface area contributed by atoms with Crippen LogP contribution in [-0.4, -0.2) is 71.1 Å². The molecule has 24 heavy (non-hydrogen) atoms. The molecule has 2 amide bonds. The van der Waals surface area contributed by atoms with E-state index in [0.717, 1.165) is 31.2 Å². The number of likely N-dealkylation sites (N-methyl/N-ethyl adjacent to an activating group) is 1. The number of aryl methyl sites for hydroxylation is 1. The molecule has 0 saturated heterocycles. The molecule has 1 aliphatic rings. The summed E-state index contributed by atoms with van der Waals surface area (Å²) < 4.78 is 1.77. The molecule has 0 aliphatic heterocycles. The quantitative estimate of drug-likeness (QED) is 0.818. The highest BCUT2D eigenvalue weighted by Crippen LogP contribution is 2.25. The van der Waals surface area contributed by atoms with Crippen LogP contribution < -0.4 is 5.32 Å². The van der Waals surface area contributed by atoms with Crippen LogP contribution in [0, 0.1) is 5.92 Å². The molecule has 7 heteroatoms. The van der Waals surface area contributed by atoms with Crippen LogP contribution in [-0.2, 0) is 7.05 Å². The van der Waals surface area contributed by atoms with Gasteiger partial charge in [-0.1, -0.05) is 12.8 Å². The van der Waals surface area contributed by atoms with Gasteiger partial charge in [0.1, 0.15) is 0 Å². The topological polar surface area (TPSA) is 73.6 Å². The maximum Gasteiger partial charge on any atom is 0.317 e. The van der Waals surface area contributed by atoms with Gasteiger partial charge >= 0.3 is 6.03 Å². The van der Waals surface area contributed by atoms with E-state index in [0.29, 0.717) is 13.1 Å². The first kappa shape index (κ1) is 18.7. The third-order valence-electron chi connectivity index (χ3n) is 4.90. The van der Waals surface area contributed by atoms with Crippen LogP contribution in [0.25, 0.3) is 0 Å². The molecular formula is C17H31N5O2. The predicted octanol–water partition coefficient (Wildman–Crippen LogP) is 1.22. The molecule has 1 aliphatic carbocycles. The Labute approximate surface area is 144 Å². The van der Waals surface area contributed by atoms with Crippen LogP contribution in [0.4, 0.5) is 4.79 Å². The van der Waals surface area contributed by atoms with Gasteiger partial charge in [0.05, 0.1) is 18.3 Å². The van der Waals surface area contributed by atoms with Crippen molar-refractivity contribution in [1.82, 2.24) is 24.9 Å². The fourth-order valence-corrected chi connectivity index (χ4v) is 3.37. The first-order chi connectivity index (χ1) is 11.4. The number of hydrogen-bond donors (Lipinski definition) is 2. The highest BCUT2D eigenvalue weighted by atomic mass is 16.3. The van der Waals surface area contributed by atoms with Gasteiger partial charge in [-0.3, -0.25) is 4.68 Å². The van der Waals surface area contributed by atoms with Gasteiger partial charge in [0.2, 0.25) is 0 Å². The minimum absolute atomic E-state index is 0.0799. The summed E-state index contributed by atoms with van der Waals surface area (Å²) in [4.78, 5) is 16.1. The maximum atomic E-state index is 12.4. The fraction of sp³-hybridized carbons (Fsp3) is 0.765. The fourth-order valence-electron chi connectivity index (χ4n) is 3.37. The highest BCUT2D eigenvalue weighted by molar-refractivity contribution is 5.73. The van der Waals surface area contributed by atoms with Crippen molar-refractivity contribution in [3.05, 3.63) is 18.0 Å². The third kappa shape index (κ3) is 4.95. The normalized spacial score (nSPS) is 22.4. The molecule has 0 radical (unpaired) electrons. The number of carbonyl (C=O) groups is 1. The Kier molecular flexibility index (Phi) is 6.62. The number of urea groups is 1. The molecular weight excluding hydrogens is 306 g/mol. The zero-order valence-electron chi connectivity index (χ0n) is 15.3. The van der Waals surface area contributed by atoms with Crippen molar-refractivity contribution in [3.63, 3.8) is 0 Å². The van der Waals surface area contributed by atoms with E-state index in [2.05, 4.69) is 15.3 Å². The van der Waals surface area contributed by atoms with E-state index in [4.69, 9.17) is 0 Å². The molecule has 1 fully saturated rings. The molecule has 136 valence electrons. The molecule has 3 atom stereocenters. The summed E-state index contributed by atoms with van der Waals surface area (Å²) in [6.45, 7) is 1.13. The second kappa shape index (κ2) is 8.48. The molecule has 0 spiro atoms. The van der Waals surface area contributed by atoms with Gasteiger partial charge in [-0.25, -0.2) is 4.79 Å². The molecule has 0 unspecified atom stereocenters. The molecule has 2 N–H and O–H groups in total. The van der Waals surface area contributed by atoms with Crippen LogP contribution in [0.15, 0.2) is 12.4 Å². The van der Waals surface area contributed by atoms with Crippen LogP contribution in [0.1, 0.15) is 37.3 Å². The average molecular weight is 337 g/mol. The van der Waals surface area contributed by atoms with E-state index in [1.807, 2.05) is 33.5 Å². The minimum atomic E-state index is -0.279. The number of amides is 2. The van der Waals surface area contributed by atoms with Gasteiger partial charge in [-0.15, -0.1) is 0 Å². The Balaban J connectivity index is 1.85. The lowest BCUT2D eigenvalue weighted by Gasteiger charge is -2.31. The van der Waals surface area contributed by atoms with Gasteiger partial charge in [-0.2, -0.15) is 5.10 Å². The van der Waals surface area contributed by atoms with Crippen LogP contribution in [0.3, 0.4) is 0 Å². The largest absolute Gasteiger partial charge is 0.393 e. The molecule has 2 rings (SSSR count). The minimum Gasteiger partial charge on any atom is -0.393 e. The van der Waals surface area contributed by atoms with Crippen molar-refractivity contribution in [1.29, 1.82) is 0 Å². The third-order valence-corrected chi connectivity index (χ3v) is 4.90. The summed E-state index contributed by atoms with van der Waals surface area (Å²) >= 11 is 0. The van der Waals surface area contributed by atoms with Gasteiger partial charge in [0.15, 0.2) is 0 Å². The Bertz CT molecular complexity index is 531. The number of aliphatic hydroxyl groups excluding tert-OH is 1. The van der Waals surface area contributed by atoms with E-state index in [-0.39, 0.29) is 24.1 Å². The van der Waals surface area contributed by atoms with Crippen LogP contribution >= 0.6 is 0 Å². The lowest BCUT2D eigenvalue weighted by Crippen LogP contribution is -2.45. The van der Waals surface area contributed by atoms with E-state index < -0.39 is 0 Å². The zero-order valence-corrected chi connectivity index (χ0v) is 15.3. The van der Waals surface area contributed by atoms with E-state index in [1.54, 1.807) is 16.6 Å². The maximum absolute atomic E-state index is 12.4. The van der Waals surface area contributed by atoms with Crippen molar-refractivity contribution >= 4 is 6.03 Å². The van der Waals surface area contributed by atoms with E-state index >= 15 is 0 Å². The second-order valence-electron chi connectivity index (χ2n) is 7.11. The van der Waals surface area contributed by atoms with Crippen molar-refractivity contribution in [3.8, 4) is 0 Å². The number of hydrogen-bond acceptors (Lipinski definition) is 4. The lowest BCUT2D eigenvalue weighted by atomic mass is 9.86. The van der Waals surface area contributed by atoms with Gasteiger partial charge in [0.25, 0.3) is 0 Å². The molecule has 1 saturated carbocycles. The van der Waals surface area contributed by atoms with Gasteiger partial charge < -0.3 is 20.2 Å².